The first kappa shape index (κ1) is 22.6. The van der Waals surface area contributed by atoms with E-state index in [9.17, 15) is 0 Å². The first-order chi connectivity index (χ1) is 13.8. The van der Waals surface area contributed by atoms with Crippen molar-refractivity contribution in [3.8, 4) is 21.1 Å². The van der Waals surface area contributed by atoms with Crippen molar-refractivity contribution in [3.63, 3.8) is 0 Å². The second kappa shape index (κ2) is 8.59. The number of fused-ring (bicyclic) bond motifs is 2. The van der Waals surface area contributed by atoms with Crippen LogP contribution in [0, 0.1) is 20.8 Å². The third-order valence-electron chi connectivity index (χ3n) is 5.65. The number of hydrogen-bond acceptors (Lipinski definition) is 1. The number of halogens is 1. The van der Waals surface area contributed by atoms with Gasteiger partial charge in [-0.3, -0.25) is 0 Å². The number of rotatable bonds is 2. The quantitative estimate of drug-likeness (QED) is 0.239. The molecule has 1 aliphatic heterocycles. The number of anilines is 1. The van der Waals surface area contributed by atoms with Gasteiger partial charge in [0.2, 0.25) is 0 Å². The molecule has 156 valence electrons. The maximum Gasteiger partial charge on any atom is -1.00 e. The summed E-state index contributed by atoms with van der Waals surface area (Å²) in [5.74, 6) is 0. The van der Waals surface area contributed by atoms with Crippen molar-refractivity contribution in [1.82, 2.24) is 4.58 Å². The molecule has 0 saturated carbocycles. The molecule has 0 radical (unpaired) electrons. The molecule has 0 spiro atoms. The largest absolute Gasteiger partial charge is 1.00 e. The van der Waals surface area contributed by atoms with E-state index in [4.69, 9.17) is 0 Å². The number of aryl methyl sites for hydroxylation is 3. The van der Waals surface area contributed by atoms with Crippen LogP contribution < -0.4 is 27.2 Å². The minimum atomic E-state index is 0. The topological polar surface area (TPSA) is 6.25 Å². The normalized spacial score (nSPS) is 10.9. The number of hydrogen-bond donors (Lipinski definition) is 0. The van der Waals surface area contributed by atoms with Gasteiger partial charge in [-0.15, -0.1) is 0 Å². The van der Waals surface area contributed by atoms with Crippen LogP contribution in [0.5, 0.6) is 0 Å². The van der Waals surface area contributed by atoms with Gasteiger partial charge in [-0.25, -0.2) is 0 Å². The summed E-state index contributed by atoms with van der Waals surface area (Å²) in [6, 6.07) is 18.6. The van der Waals surface area contributed by atoms with Crippen LogP contribution in [0.3, 0.4) is 0 Å². The van der Waals surface area contributed by atoms with Crippen molar-refractivity contribution >= 4 is 29.8 Å². The molecule has 0 amide bonds. The molecule has 1 aliphatic carbocycles. The number of nitrogens with zero attached hydrogens (tertiary/aromatic N) is 2. The first-order valence-corrected chi connectivity index (χ1v) is 11.7. The fourth-order valence-corrected chi connectivity index (χ4v) is 6.69. The summed E-state index contributed by atoms with van der Waals surface area (Å²) < 4.78 is 5.15. The Morgan fingerprint density at radius 3 is 2.07 bits per heavy atom. The maximum atomic E-state index is 2.39. The molecule has 0 fully saturated rings. The van der Waals surface area contributed by atoms with Crippen LogP contribution in [-0.2, 0) is 0 Å². The predicted molar refractivity (Wildman–Crippen MR) is 129 cm³/mol. The maximum absolute atomic E-state index is 2.39. The molecule has 4 heteroatoms. The van der Waals surface area contributed by atoms with Gasteiger partial charge in [0.25, 0.3) is 0 Å². The van der Waals surface area contributed by atoms with E-state index < -0.39 is 0 Å². The van der Waals surface area contributed by atoms with Crippen molar-refractivity contribution in [1.29, 1.82) is 0 Å². The Labute approximate surface area is 192 Å². The van der Waals surface area contributed by atoms with Crippen LogP contribution in [0.2, 0.25) is 0 Å². The van der Waals surface area contributed by atoms with Crippen LogP contribution in [0.25, 0.3) is 30.8 Å². The smallest absolute Gasteiger partial charge is 1.00 e. The van der Waals surface area contributed by atoms with E-state index in [0.29, 0.717) is 14.5 Å². The minimum Gasteiger partial charge on any atom is -1.00 e. The molecule has 0 unspecified atom stereocenters. The summed E-state index contributed by atoms with van der Waals surface area (Å²) in [4.78, 5) is 2.20. The molecule has 1 heterocycles. The van der Waals surface area contributed by atoms with Gasteiger partial charge in [-0.1, -0.05) is 0 Å². The van der Waals surface area contributed by atoms with Crippen molar-refractivity contribution in [2.45, 2.75) is 20.8 Å². The Bertz CT molecular complexity index is 1260. The molecular weight excluding hydrogens is 455 g/mol. The van der Waals surface area contributed by atoms with E-state index >= 15 is 0 Å². The van der Waals surface area contributed by atoms with Gasteiger partial charge in [-0.05, 0) is 0 Å². The molecule has 2 aliphatic rings. The summed E-state index contributed by atoms with van der Waals surface area (Å²) in [5, 5.41) is 2.67. The predicted octanol–water partition coefficient (Wildman–Crippen LogP) is 1.70. The minimum absolute atomic E-state index is 0. The molecule has 0 aromatic heterocycles. The Balaban J connectivity index is 0.00000256. The molecule has 30 heavy (non-hydrogen) atoms. The van der Waals surface area contributed by atoms with E-state index in [1.54, 1.807) is 0 Å². The van der Waals surface area contributed by atoms with Crippen LogP contribution >= 0.6 is 0 Å². The van der Waals surface area contributed by atoms with Crippen molar-refractivity contribution in [3.05, 3.63) is 70.6 Å². The van der Waals surface area contributed by atoms with Gasteiger partial charge < -0.3 is 12.4 Å². The van der Waals surface area contributed by atoms with Crippen LogP contribution in [-0.4, -0.2) is 42.7 Å². The van der Waals surface area contributed by atoms with E-state index in [-0.39, 0.29) is 12.4 Å². The fourth-order valence-electron chi connectivity index (χ4n) is 4.27. The molecule has 2 aromatic rings. The summed E-state index contributed by atoms with van der Waals surface area (Å²) in [7, 11) is 8.48. The van der Waals surface area contributed by atoms with Crippen molar-refractivity contribution in [2.24, 2.45) is 0 Å². The third kappa shape index (κ3) is 3.95. The summed E-state index contributed by atoms with van der Waals surface area (Å²) in [6.45, 7) is 6.70. The Morgan fingerprint density at radius 2 is 1.47 bits per heavy atom. The van der Waals surface area contributed by atoms with Crippen LogP contribution in [0.1, 0.15) is 16.7 Å². The van der Waals surface area contributed by atoms with E-state index in [1.807, 2.05) is 0 Å². The number of benzene rings is 3. The molecule has 0 saturated heterocycles. The Morgan fingerprint density at radius 1 is 0.800 bits per heavy atom. The van der Waals surface area contributed by atoms with Gasteiger partial charge in [0.05, 0.1) is 0 Å². The molecule has 2 aromatic carbocycles. The van der Waals surface area contributed by atoms with Gasteiger partial charge in [0, 0.05) is 0 Å². The van der Waals surface area contributed by atoms with Gasteiger partial charge in [0.15, 0.2) is 0 Å². The second-order valence-corrected chi connectivity index (χ2v) is 10.7. The van der Waals surface area contributed by atoms with Crippen molar-refractivity contribution < 1.29 is 12.4 Å². The third-order valence-corrected chi connectivity index (χ3v) is 7.99. The average molecular weight is 484 g/mol. The molecular formula is C26H29ClN2Se. The molecule has 2 nitrogen and oxygen atoms in total. The first-order valence-electron chi connectivity index (χ1n) is 10.0. The zero-order valence-corrected chi connectivity index (χ0v) is 21.3. The van der Waals surface area contributed by atoms with Gasteiger partial charge in [-0.2, -0.15) is 0 Å². The second-order valence-electron chi connectivity index (χ2n) is 8.40. The fraction of sp³-hybridized carbons (Fsp3) is 0.269. The Kier molecular flexibility index (Phi) is 6.48. The Hall–Kier alpha value is -2.06. The van der Waals surface area contributed by atoms with Crippen LogP contribution in [0.15, 0.2) is 48.5 Å². The van der Waals surface area contributed by atoms with Crippen LogP contribution in [0.4, 0.5) is 5.69 Å². The molecule has 0 bridgehead atoms. The average Bonchev–Trinajstić information content (AvgIpc) is 2.65. The zero-order chi connectivity index (χ0) is 20.9. The zero-order valence-electron chi connectivity index (χ0n) is 18.8. The standard InChI is InChI=1S/C26H29N2Se.ClH/c1-16-12-17(2)25(18(3)13-16)26-21-10-8-19(27(4)5)14-23(21)29-24-15-20(28(6)7)9-11-22(24)26;/h8-15H,1-7H3;1H/q+1;/p-1. The summed E-state index contributed by atoms with van der Waals surface area (Å²) >= 11 is 0.290. The van der Waals surface area contributed by atoms with Crippen molar-refractivity contribution in [2.75, 3.05) is 33.1 Å². The van der Waals surface area contributed by atoms with E-state index in [2.05, 4.69) is 107 Å². The van der Waals surface area contributed by atoms with E-state index in [1.165, 1.54) is 58.5 Å². The molecule has 4 rings (SSSR count). The van der Waals surface area contributed by atoms with E-state index in [0.717, 1.165) is 0 Å². The summed E-state index contributed by atoms with van der Waals surface area (Å²) in [6.07, 6.45) is 0. The SMILES string of the molecule is Cc1cc(C)c(-c2c3ccc(=[N+](C)C)cc-3[se]c3cc(N(C)C)ccc23)c(C)c1.[Cl-]. The monoisotopic (exact) mass is 484 g/mol. The summed E-state index contributed by atoms with van der Waals surface area (Å²) in [5.41, 5.74) is 9.51. The molecule has 0 atom stereocenters. The molecule has 0 N–H and O–H groups in total. The van der Waals surface area contributed by atoms with Gasteiger partial charge in [0.1, 0.15) is 0 Å². The van der Waals surface area contributed by atoms with Gasteiger partial charge >= 0.3 is 180 Å².